The Morgan fingerprint density at radius 3 is 2.40 bits per heavy atom. The van der Waals surface area contributed by atoms with Gasteiger partial charge in [0.15, 0.2) is 0 Å². The van der Waals surface area contributed by atoms with Crippen LogP contribution in [-0.4, -0.2) is 75.1 Å². The van der Waals surface area contributed by atoms with Crippen LogP contribution in [0.15, 0.2) is 23.3 Å². The standard InChI is InChI=1S/C20H21F6N7O2/c1-31(12-8-33(9-12)18-27-6-11(7-28-18)19(21,22)23)16(34)10-32-4-2-3-15(32)14-5-13(20(24,25)26)17(35)30-29-14/h5-7,12,15H,2-4,8-10H2,1H3,(H,30,35). The first kappa shape index (κ1) is 24.9. The Bertz CT molecular complexity index is 1130. The molecule has 1 amide bonds. The third kappa shape index (κ3) is 5.23. The van der Waals surface area contributed by atoms with Gasteiger partial charge >= 0.3 is 12.4 Å². The molecule has 2 aromatic heterocycles. The van der Waals surface area contributed by atoms with Crippen molar-refractivity contribution in [2.45, 2.75) is 37.3 Å². The number of rotatable bonds is 5. The fraction of sp³-hybridized carbons (Fsp3) is 0.550. The molecule has 0 spiro atoms. The molecule has 35 heavy (non-hydrogen) atoms. The lowest BCUT2D eigenvalue weighted by atomic mass is 10.1. The minimum absolute atomic E-state index is 0.0409. The fourth-order valence-corrected chi connectivity index (χ4v) is 4.14. The molecular formula is C20H21F6N7O2. The van der Waals surface area contributed by atoms with Crippen LogP contribution in [0.25, 0.3) is 0 Å². The van der Waals surface area contributed by atoms with Crippen molar-refractivity contribution >= 4 is 11.9 Å². The van der Waals surface area contributed by atoms with Gasteiger partial charge in [-0.3, -0.25) is 14.5 Å². The summed E-state index contributed by atoms with van der Waals surface area (Å²) in [6.45, 7) is 1.07. The maximum absolute atomic E-state index is 13.1. The number of aromatic nitrogens is 4. The number of nitrogens with one attached hydrogen (secondary N) is 1. The first-order valence-corrected chi connectivity index (χ1v) is 10.7. The Morgan fingerprint density at radius 1 is 1.14 bits per heavy atom. The summed E-state index contributed by atoms with van der Waals surface area (Å²) >= 11 is 0. The van der Waals surface area contributed by atoms with E-state index in [1.165, 1.54) is 4.90 Å². The Kier molecular flexibility index (Phi) is 6.46. The SMILES string of the molecule is CN(C(=O)CN1CCCC1c1cc(C(F)(F)F)c(=O)[nH]n1)C1CN(c2ncc(C(F)(F)F)cn2)C1. The lowest BCUT2D eigenvalue weighted by Crippen LogP contribution is -2.61. The van der Waals surface area contributed by atoms with Crippen molar-refractivity contribution in [1.29, 1.82) is 0 Å². The molecule has 190 valence electrons. The van der Waals surface area contributed by atoms with E-state index in [1.54, 1.807) is 16.8 Å². The molecule has 15 heteroatoms. The van der Waals surface area contributed by atoms with Gasteiger partial charge in [-0.2, -0.15) is 31.4 Å². The van der Waals surface area contributed by atoms with Gasteiger partial charge in [0, 0.05) is 32.5 Å². The molecule has 2 aliphatic heterocycles. The summed E-state index contributed by atoms with van der Waals surface area (Å²) in [5.74, 6) is -0.144. The van der Waals surface area contributed by atoms with Crippen LogP contribution in [0.5, 0.6) is 0 Å². The van der Waals surface area contributed by atoms with E-state index >= 15 is 0 Å². The highest BCUT2D eigenvalue weighted by Gasteiger charge is 2.39. The topological polar surface area (TPSA) is 98.3 Å². The second kappa shape index (κ2) is 9.09. The molecule has 2 aromatic rings. The quantitative estimate of drug-likeness (QED) is 0.622. The highest BCUT2D eigenvalue weighted by molar-refractivity contribution is 5.78. The zero-order valence-corrected chi connectivity index (χ0v) is 18.4. The zero-order valence-electron chi connectivity index (χ0n) is 18.4. The largest absolute Gasteiger partial charge is 0.421 e. The maximum Gasteiger partial charge on any atom is 0.421 e. The molecule has 1 unspecified atom stereocenters. The smallest absolute Gasteiger partial charge is 0.338 e. The number of aromatic amines is 1. The zero-order chi connectivity index (χ0) is 25.5. The number of likely N-dealkylation sites (tertiary alicyclic amines) is 1. The summed E-state index contributed by atoms with van der Waals surface area (Å²) in [7, 11) is 1.59. The molecule has 0 aromatic carbocycles. The van der Waals surface area contributed by atoms with Crippen LogP contribution < -0.4 is 10.5 Å². The van der Waals surface area contributed by atoms with Gasteiger partial charge in [-0.05, 0) is 25.5 Å². The van der Waals surface area contributed by atoms with Crippen LogP contribution in [0, 0.1) is 0 Å². The summed E-state index contributed by atoms with van der Waals surface area (Å²) in [5.41, 5.74) is -3.57. The third-order valence-electron chi connectivity index (χ3n) is 6.22. The number of likely N-dealkylation sites (N-methyl/N-ethyl adjacent to an activating group) is 1. The average Bonchev–Trinajstić information content (AvgIpc) is 3.20. The van der Waals surface area contributed by atoms with E-state index in [4.69, 9.17) is 0 Å². The van der Waals surface area contributed by atoms with Crippen molar-refractivity contribution in [1.82, 2.24) is 30.0 Å². The fourth-order valence-electron chi connectivity index (χ4n) is 4.14. The van der Waals surface area contributed by atoms with Gasteiger partial charge in [0.05, 0.1) is 29.9 Å². The molecule has 2 fully saturated rings. The molecule has 0 bridgehead atoms. The number of H-pyrrole nitrogens is 1. The number of hydrogen-bond acceptors (Lipinski definition) is 7. The van der Waals surface area contributed by atoms with Gasteiger partial charge in [-0.25, -0.2) is 15.1 Å². The van der Waals surface area contributed by atoms with E-state index in [2.05, 4.69) is 15.1 Å². The van der Waals surface area contributed by atoms with E-state index in [1.807, 2.05) is 5.10 Å². The molecule has 1 N–H and O–H groups in total. The summed E-state index contributed by atoms with van der Waals surface area (Å²) < 4.78 is 77.3. The Labute approximate surface area is 194 Å². The molecule has 9 nitrogen and oxygen atoms in total. The van der Waals surface area contributed by atoms with Crippen molar-refractivity contribution in [3.8, 4) is 0 Å². The average molecular weight is 505 g/mol. The van der Waals surface area contributed by atoms with Gasteiger partial charge < -0.3 is 9.80 Å². The monoisotopic (exact) mass is 505 g/mol. The van der Waals surface area contributed by atoms with Crippen molar-refractivity contribution in [2.24, 2.45) is 0 Å². The first-order chi connectivity index (χ1) is 16.3. The van der Waals surface area contributed by atoms with Crippen molar-refractivity contribution < 1.29 is 31.1 Å². The van der Waals surface area contributed by atoms with Crippen molar-refractivity contribution in [3.05, 3.63) is 45.6 Å². The Balaban J connectivity index is 1.35. The molecule has 4 rings (SSSR count). The number of hydrogen-bond donors (Lipinski definition) is 1. The molecule has 0 aliphatic carbocycles. The van der Waals surface area contributed by atoms with Crippen LogP contribution in [0.4, 0.5) is 32.3 Å². The van der Waals surface area contributed by atoms with Gasteiger partial charge in [-0.1, -0.05) is 0 Å². The third-order valence-corrected chi connectivity index (χ3v) is 6.22. The molecule has 2 saturated heterocycles. The number of carbonyl (C=O) groups is 1. The van der Waals surface area contributed by atoms with Crippen LogP contribution in [0.2, 0.25) is 0 Å². The minimum Gasteiger partial charge on any atom is -0.338 e. The summed E-state index contributed by atoms with van der Waals surface area (Å²) in [6.07, 6.45) is -6.82. The van der Waals surface area contributed by atoms with Crippen molar-refractivity contribution in [3.63, 3.8) is 0 Å². The van der Waals surface area contributed by atoms with E-state index < -0.39 is 35.1 Å². The number of amides is 1. The van der Waals surface area contributed by atoms with E-state index in [-0.39, 0.29) is 30.1 Å². The molecule has 2 aliphatic rings. The molecule has 0 radical (unpaired) electrons. The predicted molar refractivity (Wildman–Crippen MR) is 109 cm³/mol. The molecule has 1 atom stereocenters. The van der Waals surface area contributed by atoms with E-state index in [0.717, 1.165) is 6.07 Å². The van der Waals surface area contributed by atoms with E-state index in [0.29, 0.717) is 44.9 Å². The van der Waals surface area contributed by atoms with Gasteiger partial charge in [0.1, 0.15) is 5.56 Å². The van der Waals surface area contributed by atoms with E-state index in [9.17, 15) is 35.9 Å². The molecular weight excluding hydrogens is 484 g/mol. The predicted octanol–water partition coefficient (Wildman–Crippen LogP) is 2.08. The van der Waals surface area contributed by atoms with Crippen LogP contribution >= 0.6 is 0 Å². The Morgan fingerprint density at radius 2 is 1.80 bits per heavy atom. The Hall–Kier alpha value is -3.23. The van der Waals surface area contributed by atoms with Crippen molar-refractivity contribution in [2.75, 3.05) is 38.1 Å². The number of alkyl halides is 6. The molecule has 0 saturated carbocycles. The van der Waals surface area contributed by atoms with Crippen LogP contribution in [0.3, 0.4) is 0 Å². The normalized spacial score (nSPS) is 19.6. The number of nitrogens with zero attached hydrogens (tertiary/aromatic N) is 6. The van der Waals surface area contributed by atoms with Crippen LogP contribution in [0.1, 0.15) is 35.7 Å². The number of anilines is 1. The highest BCUT2D eigenvalue weighted by atomic mass is 19.4. The summed E-state index contributed by atoms with van der Waals surface area (Å²) in [5, 5.41) is 5.66. The van der Waals surface area contributed by atoms with Gasteiger partial charge in [0.25, 0.3) is 5.56 Å². The lowest BCUT2D eigenvalue weighted by Gasteiger charge is -2.44. The number of carbonyl (C=O) groups excluding carboxylic acids is 1. The lowest BCUT2D eigenvalue weighted by molar-refractivity contribution is -0.139. The van der Waals surface area contributed by atoms with Gasteiger partial charge in [0.2, 0.25) is 11.9 Å². The second-order valence-electron chi connectivity index (χ2n) is 8.49. The maximum atomic E-state index is 13.1. The van der Waals surface area contributed by atoms with Gasteiger partial charge in [-0.15, -0.1) is 0 Å². The highest BCUT2D eigenvalue weighted by Crippen LogP contribution is 2.33. The van der Waals surface area contributed by atoms with Crippen LogP contribution in [-0.2, 0) is 17.1 Å². The molecule has 4 heterocycles. The summed E-state index contributed by atoms with van der Waals surface area (Å²) in [6, 6.07) is -0.0506. The second-order valence-corrected chi connectivity index (χ2v) is 8.49. The summed E-state index contributed by atoms with van der Waals surface area (Å²) in [4.78, 5) is 36.7. The first-order valence-electron chi connectivity index (χ1n) is 10.7. The number of halogens is 6. The minimum atomic E-state index is -4.82.